The Morgan fingerprint density at radius 3 is 2.79 bits per heavy atom. The van der Waals surface area contributed by atoms with Crippen LogP contribution in [0.4, 0.5) is 11.9 Å². The SMILES string of the molecule is CC(C)Oc1nc(NC(=O)C(C)(C)Sc2nc(N)nc3nc[nH]c23)ncc1Cl. The van der Waals surface area contributed by atoms with E-state index in [-0.39, 0.29) is 34.8 Å². The van der Waals surface area contributed by atoms with Gasteiger partial charge in [0.2, 0.25) is 23.7 Å². The lowest BCUT2D eigenvalue weighted by molar-refractivity contribution is -0.117. The summed E-state index contributed by atoms with van der Waals surface area (Å²) < 4.78 is 4.59. The third-order valence-corrected chi connectivity index (χ3v) is 4.90. The van der Waals surface area contributed by atoms with Gasteiger partial charge in [0.15, 0.2) is 5.65 Å². The lowest BCUT2D eigenvalue weighted by atomic mass is 10.2. The van der Waals surface area contributed by atoms with Crippen LogP contribution in [0.5, 0.6) is 5.88 Å². The van der Waals surface area contributed by atoms with Crippen molar-refractivity contribution in [3.8, 4) is 5.88 Å². The zero-order valence-corrected chi connectivity index (χ0v) is 17.2. The van der Waals surface area contributed by atoms with Gasteiger partial charge in [-0.1, -0.05) is 23.4 Å². The third kappa shape index (κ3) is 4.42. The van der Waals surface area contributed by atoms with Crippen LogP contribution in [0.25, 0.3) is 11.2 Å². The number of aromatic amines is 1. The molecule has 3 aromatic rings. The molecule has 0 aliphatic heterocycles. The van der Waals surface area contributed by atoms with Gasteiger partial charge in [0.05, 0.1) is 23.4 Å². The van der Waals surface area contributed by atoms with Crippen LogP contribution in [0.3, 0.4) is 0 Å². The zero-order chi connectivity index (χ0) is 20.5. The minimum atomic E-state index is -0.930. The zero-order valence-electron chi connectivity index (χ0n) is 15.6. The Hall–Kier alpha value is -2.66. The fourth-order valence-electron chi connectivity index (χ4n) is 2.15. The molecule has 12 heteroatoms. The molecule has 3 heterocycles. The molecule has 28 heavy (non-hydrogen) atoms. The van der Waals surface area contributed by atoms with E-state index in [1.165, 1.54) is 24.3 Å². The van der Waals surface area contributed by atoms with Crippen molar-refractivity contribution in [2.24, 2.45) is 0 Å². The third-order valence-electron chi connectivity index (χ3n) is 3.45. The van der Waals surface area contributed by atoms with Crippen LogP contribution in [-0.2, 0) is 4.79 Å². The monoisotopic (exact) mass is 422 g/mol. The largest absolute Gasteiger partial charge is 0.474 e. The van der Waals surface area contributed by atoms with E-state index in [1.54, 1.807) is 13.8 Å². The molecule has 0 aliphatic carbocycles. The molecule has 3 aromatic heterocycles. The quantitative estimate of drug-likeness (QED) is 0.403. The molecule has 0 saturated carbocycles. The minimum Gasteiger partial charge on any atom is -0.474 e. The van der Waals surface area contributed by atoms with Crippen molar-refractivity contribution in [2.45, 2.75) is 43.6 Å². The van der Waals surface area contributed by atoms with E-state index in [2.05, 4.69) is 35.2 Å². The van der Waals surface area contributed by atoms with Crippen molar-refractivity contribution in [3.63, 3.8) is 0 Å². The standard InChI is InChI=1S/C16H19ClN8O2S/c1-7(2)27-11-8(17)5-19-15(23-11)25-13(26)16(3,4)28-12-9-10(21-6-20-9)22-14(18)24-12/h5-7H,1-4H3,(H,19,23,25,26)(H3,18,20,21,22,24). The number of hydrogen-bond donors (Lipinski definition) is 3. The van der Waals surface area contributed by atoms with E-state index in [0.29, 0.717) is 16.2 Å². The van der Waals surface area contributed by atoms with Crippen LogP contribution >= 0.6 is 23.4 Å². The Labute approximate surface area is 170 Å². The highest BCUT2D eigenvalue weighted by molar-refractivity contribution is 8.01. The topological polar surface area (TPSA) is 145 Å². The average Bonchev–Trinajstić information content (AvgIpc) is 3.05. The molecule has 10 nitrogen and oxygen atoms in total. The maximum Gasteiger partial charge on any atom is 0.242 e. The number of amides is 1. The van der Waals surface area contributed by atoms with Gasteiger partial charge < -0.3 is 15.5 Å². The number of rotatable bonds is 6. The smallest absolute Gasteiger partial charge is 0.242 e. The lowest BCUT2D eigenvalue weighted by Crippen LogP contribution is -2.34. The van der Waals surface area contributed by atoms with Gasteiger partial charge >= 0.3 is 0 Å². The molecule has 0 unspecified atom stereocenters. The van der Waals surface area contributed by atoms with E-state index >= 15 is 0 Å². The first kappa shape index (κ1) is 20.1. The molecule has 0 aliphatic rings. The Morgan fingerprint density at radius 2 is 2.07 bits per heavy atom. The second-order valence-electron chi connectivity index (χ2n) is 6.57. The second kappa shape index (κ2) is 7.76. The summed E-state index contributed by atoms with van der Waals surface area (Å²) in [6.07, 6.45) is 2.75. The second-order valence-corrected chi connectivity index (χ2v) is 8.59. The van der Waals surface area contributed by atoms with Crippen molar-refractivity contribution in [2.75, 3.05) is 11.1 Å². The van der Waals surface area contributed by atoms with Crippen molar-refractivity contribution in [1.82, 2.24) is 29.9 Å². The van der Waals surface area contributed by atoms with Crippen molar-refractivity contribution < 1.29 is 9.53 Å². The maximum atomic E-state index is 12.8. The molecule has 0 bridgehead atoms. The molecule has 1 amide bonds. The number of imidazole rings is 1. The summed E-state index contributed by atoms with van der Waals surface area (Å²) >= 11 is 7.24. The molecule has 3 rings (SSSR count). The van der Waals surface area contributed by atoms with Gasteiger partial charge in [-0.15, -0.1) is 0 Å². The van der Waals surface area contributed by atoms with Gasteiger partial charge in [0.25, 0.3) is 0 Å². The number of ether oxygens (including phenoxy) is 1. The Balaban J connectivity index is 1.80. The number of carbonyl (C=O) groups excluding carboxylic acids is 1. The predicted molar refractivity (Wildman–Crippen MR) is 107 cm³/mol. The Kier molecular flexibility index (Phi) is 5.57. The number of nitrogens with one attached hydrogen (secondary N) is 2. The molecule has 0 aromatic carbocycles. The number of fused-ring (bicyclic) bond motifs is 1. The van der Waals surface area contributed by atoms with Gasteiger partial charge in [-0.05, 0) is 27.7 Å². The Morgan fingerprint density at radius 1 is 1.32 bits per heavy atom. The number of anilines is 2. The maximum absolute atomic E-state index is 12.8. The van der Waals surface area contributed by atoms with Crippen LogP contribution < -0.4 is 15.8 Å². The molecule has 0 saturated heterocycles. The highest BCUT2D eigenvalue weighted by atomic mass is 35.5. The van der Waals surface area contributed by atoms with E-state index in [4.69, 9.17) is 22.1 Å². The van der Waals surface area contributed by atoms with E-state index in [0.717, 1.165) is 0 Å². The molecule has 0 fully saturated rings. The van der Waals surface area contributed by atoms with Crippen LogP contribution in [0.1, 0.15) is 27.7 Å². The number of H-pyrrole nitrogens is 1. The summed E-state index contributed by atoms with van der Waals surface area (Å²) in [5.41, 5.74) is 6.78. The molecular formula is C16H19ClN8O2S. The minimum absolute atomic E-state index is 0.0785. The van der Waals surface area contributed by atoms with Crippen LogP contribution in [-0.4, -0.2) is 46.7 Å². The normalized spacial score (nSPS) is 11.8. The molecule has 0 radical (unpaired) electrons. The first-order chi connectivity index (χ1) is 13.2. The van der Waals surface area contributed by atoms with Crippen LogP contribution in [0.15, 0.2) is 17.6 Å². The molecular weight excluding hydrogens is 404 g/mol. The number of nitrogens with zero attached hydrogens (tertiary/aromatic N) is 5. The van der Waals surface area contributed by atoms with E-state index in [1.807, 2.05) is 13.8 Å². The fraction of sp³-hybridized carbons (Fsp3) is 0.375. The molecule has 4 N–H and O–H groups in total. The van der Waals surface area contributed by atoms with Crippen molar-refractivity contribution >= 4 is 52.3 Å². The highest BCUT2D eigenvalue weighted by Crippen LogP contribution is 2.35. The highest BCUT2D eigenvalue weighted by Gasteiger charge is 2.32. The first-order valence-electron chi connectivity index (χ1n) is 8.32. The molecule has 0 spiro atoms. The number of halogens is 1. The molecule has 0 atom stereocenters. The summed E-state index contributed by atoms with van der Waals surface area (Å²) in [5.74, 6) is 0.0396. The number of nitrogen functional groups attached to an aromatic ring is 1. The average molecular weight is 423 g/mol. The van der Waals surface area contributed by atoms with E-state index in [9.17, 15) is 4.79 Å². The first-order valence-corrected chi connectivity index (χ1v) is 9.51. The van der Waals surface area contributed by atoms with E-state index < -0.39 is 4.75 Å². The summed E-state index contributed by atoms with van der Waals surface area (Å²) in [4.78, 5) is 36.3. The lowest BCUT2D eigenvalue weighted by Gasteiger charge is -2.22. The van der Waals surface area contributed by atoms with Crippen LogP contribution in [0, 0.1) is 0 Å². The van der Waals surface area contributed by atoms with Crippen LogP contribution in [0.2, 0.25) is 5.02 Å². The fourth-order valence-corrected chi connectivity index (χ4v) is 3.31. The summed E-state index contributed by atoms with van der Waals surface area (Å²) in [6, 6.07) is 0. The Bertz CT molecular complexity index is 1020. The number of hydrogen-bond acceptors (Lipinski definition) is 9. The summed E-state index contributed by atoms with van der Waals surface area (Å²) in [6.45, 7) is 7.18. The molecule has 148 valence electrons. The van der Waals surface area contributed by atoms with Gasteiger partial charge in [0.1, 0.15) is 15.6 Å². The number of thioether (sulfide) groups is 1. The van der Waals surface area contributed by atoms with Crippen molar-refractivity contribution in [3.05, 3.63) is 17.5 Å². The predicted octanol–water partition coefficient (Wildman–Crippen LogP) is 2.68. The van der Waals surface area contributed by atoms with Gasteiger partial charge in [-0.3, -0.25) is 10.1 Å². The summed E-state index contributed by atoms with van der Waals surface area (Å²) in [5, 5.41) is 3.46. The van der Waals surface area contributed by atoms with Crippen molar-refractivity contribution in [1.29, 1.82) is 0 Å². The summed E-state index contributed by atoms with van der Waals surface area (Å²) in [7, 11) is 0. The number of carbonyl (C=O) groups is 1. The number of aromatic nitrogens is 6. The van der Waals surface area contributed by atoms with Gasteiger partial charge in [-0.25, -0.2) is 15.0 Å². The van der Waals surface area contributed by atoms with Gasteiger partial charge in [0, 0.05) is 0 Å². The van der Waals surface area contributed by atoms with Gasteiger partial charge in [-0.2, -0.15) is 9.97 Å². The number of nitrogens with two attached hydrogens (primary N) is 1.